The molecule has 3 heterocycles. The lowest BCUT2D eigenvalue weighted by Gasteiger charge is -2.26. The van der Waals surface area contributed by atoms with Gasteiger partial charge in [0.05, 0.1) is 0 Å². The van der Waals surface area contributed by atoms with Gasteiger partial charge in [-0.2, -0.15) is 13.2 Å². The number of aromatic nitrogens is 3. The average molecular weight is 650 g/mol. The van der Waals surface area contributed by atoms with Crippen LogP contribution in [0.15, 0.2) is 60.7 Å². The van der Waals surface area contributed by atoms with E-state index in [-0.39, 0.29) is 11.9 Å². The van der Waals surface area contributed by atoms with Gasteiger partial charge in [-0.1, -0.05) is 73.5 Å². The van der Waals surface area contributed by atoms with E-state index in [0.717, 1.165) is 61.5 Å². The standard InChI is InChI=1S/C31H37N9.C2HF3O2/c32-30(33)38-17-13-23(14-18-38)21-5-9-25(10-6-21)28-36-37-29(40(28)27-3-1-2-4-27)26-11-7-22(8-12-26)24-15-19-39(20-16-24)31(34)35;3-2(4,5)1(6)7/h5-13,15,27H,1-4,14,16-20H2,(H3,32,33)(H3,34,35);(H,6,7). The minimum Gasteiger partial charge on any atom is -0.475 e. The van der Waals surface area contributed by atoms with E-state index in [0.29, 0.717) is 19.1 Å². The average Bonchev–Trinajstić information content (AvgIpc) is 3.76. The molecule has 3 aliphatic rings. The van der Waals surface area contributed by atoms with Crippen LogP contribution in [0.4, 0.5) is 13.2 Å². The van der Waals surface area contributed by atoms with Crippen molar-refractivity contribution < 1.29 is 23.1 Å². The van der Waals surface area contributed by atoms with Gasteiger partial charge in [-0.05, 0) is 48.0 Å². The normalized spacial score (nSPS) is 17.0. The van der Waals surface area contributed by atoms with E-state index in [4.69, 9.17) is 42.4 Å². The Morgan fingerprint density at radius 1 is 0.745 bits per heavy atom. The molecular weight excluding hydrogens is 611 g/mol. The lowest BCUT2D eigenvalue weighted by Crippen LogP contribution is -2.39. The van der Waals surface area contributed by atoms with Crippen molar-refractivity contribution in [1.82, 2.24) is 24.6 Å². The molecule has 2 aromatic carbocycles. The van der Waals surface area contributed by atoms with E-state index in [1.54, 1.807) is 0 Å². The van der Waals surface area contributed by atoms with E-state index >= 15 is 0 Å². The number of guanidine groups is 2. The van der Waals surface area contributed by atoms with Gasteiger partial charge in [-0.3, -0.25) is 10.8 Å². The second-order valence-corrected chi connectivity index (χ2v) is 11.7. The maximum absolute atomic E-state index is 10.6. The van der Waals surface area contributed by atoms with Gasteiger partial charge >= 0.3 is 12.1 Å². The van der Waals surface area contributed by atoms with Gasteiger partial charge in [0.25, 0.3) is 0 Å². The first-order chi connectivity index (χ1) is 22.4. The number of carbonyl (C=O) groups is 1. The number of aliphatic carboxylic acids is 1. The molecule has 0 bridgehead atoms. The zero-order chi connectivity index (χ0) is 33.7. The van der Waals surface area contributed by atoms with Crippen LogP contribution in [0.3, 0.4) is 0 Å². The molecule has 1 aromatic heterocycles. The van der Waals surface area contributed by atoms with Crippen molar-refractivity contribution in [3.63, 3.8) is 0 Å². The second kappa shape index (κ2) is 14.1. The van der Waals surface area contributed by atoms with Crippen LogP contribution in [0.5, 0.6) is 0 Å². The Morgan fingerprint density at radius 2 is 1.11 bits per heavy atom. The number of hydrogen-bond acceptors (Lipinski definition) is 5. The van der Waals surface area contributed by atoms with Gasteiger partial charge < -0.3 is 30.9 Å². The fraction of sp³-hybridized carbons (Fsp3) is 0.364. The molecule has 0 spiro atoms. The summed E-state index contributed by atoms with van der Waals surface area (Å²) in [6.45, 7) is 2.90. The molecule has 1 fully saturated rings. The summed E-state index contributed by atoms with van der Waals surface area (Å²) >= 11 is 0. The van der Waals surface area contributed by atoms with Crippen molar-refractivity contribution >= 4 is 29.0 Å². The number of nitrogens with one attached hydrogen (secondary N) is 2. The molecule has 6 rings (SSSR count). The molecule has 3 aromatic rings. The van der Waals surface area contributed by atoms with Crippen LogP contribution in [-0.4, -0.2) is 79.9 Å². The fourth-order valence-electron chi connectivity index (χ4n) is 6.16. The van der Waals surface area contributed by atoms with Crippen LogP contribution < -0.4 is 11.5 Å². The fourth-order valence-corrected chi connectivity index (χ4v) is 6.16. The Labute approximate surface area is 270 Å². The number of carboxylic acid groups (broad SMARTS) is 1. The molecule has 1 aliphatic carbocycles. The lowest BCUT2D eigenvalue weighted by molar-refractivity contribution is -0.192. The quantitative estimate of drug-likeness (QED) is 0.182. The molecule has 14 heteroatoms. The van der Waals surface area contributed by atoms with Gasteiger partial charge in [0.1, 0.15) is 0 Å². The van der Waals surface area contributed by atoms with Crippen LogP contribution in [0.25, 0.3) is 33.9 Å². The van der Waals surface area contributed by atoms with E-state index in [1.165, 1.54) is 35.1 Å². The van der Waals surface area contributed by atoms with Gasteiger partial charge in [-0.25, -0.2) is 4.79 Å². The third kappa shape index (κ3) is 7.81. The lowest BCUT2D eigenvalue weighted by atomic mass is 9.98. The first kappa shape index (κ1) is 33.2. The monoisotopic (exact) mass is 649 g/mol. The molecule has 0 saturated heterocycles. The molecule has 47 heavy (non-hydrogen) atoms. The van der Waals surface area contributed by atoms with Gasteiger partial charge in [0, 0.05) is 43.3 Å². The van der Waals surface area contributed by atoms with E-state index in [9.17, 15) is 13.2 Å². The number of carboxylic acids is 1. The topological polar surface area (TPSA) is 174 Å². The van der Waals surface area contributed by atoms with E-state index in [2.05, 4.69) is 65.3 Å². The summed E-state index contributed by atoms with van der Waals surface area (Å²) < 4.78 is 34.1. The Morgan fingerprint density at radius 3 is 1.40 bits per heavy atom. The van der Waals surface area contributed by atoms with Crippen LogP contribution in [0.1, 0.15) is 55.7 Å². The highest BCUT2D eigenvalue weighted by Gasteiger charge is 2.38. The molecule has 248 valence electrons. The molecule has 0 atom stereocenters. The minimum absolute atomic E-state index is 0.134. The maximum Gasteiger partial charge on any atom is 0.490 e. The Bertz CT molecular complexity index is 1570. The van der Waals surface area contributed by atoms with E-state index in [1.807, 2.05) is 9.80 Å². The molecule has 1 saturated carbocycles. The highest BCUT2D eigenvalue weighted by Crippen LogP contribution is 2.37. The zero-order valence-corrected chi connectivity index (χ0v) is 25.8. The second-order valence-electron chi connectivity index (χ2n) is 11.7. The number of halogens is 3. The molecule has 0 unspecified atom stereocenters. The third-order valence-electron chi connectivity index (χ3n) is 8.76. The van der Waals surface area contributed by atoms with Gasteiger partial charge in [-0.15, -0.1) is 10.2 Å². The molecule has 2 aliphatic heterocycles. The SMILES string of the molecule is N=C(N)N1CC=C(c2ccc(-c3nnc(-c4ccc(C5=CCN(C(=N)N)CC5)cc4)n3C3CCCC3)cc2)CC1.O=C(O)C(F)(F)F. The molecule has 0 radical (unpaired) electrons. The third-order valence-corrected chi connectivity index (χ3v) is 8.76. The van der Waals surface area contributed by atoms with Crippen molar-refractivity contribution in [2.45, 2.75) is 50.7 Å². The predicted molar refractivity (Wildman–Crippen MR) is 174 cm³/mol. The van der Waals surface area contributed by atoms with Crippen molar-refractivity contribution in [2.75, 3.05) is 26.2 Å². The minimum atomic E-state index is -5.08. The number of benzene rings is 2. The summed E-state index contributed by atoms with van der Waals surface area (Å²) in [7, 11) is 0. The zero-order valence-electron chi connectivity index (χ0n) is 25.8. The number of nitrogens with zero attached hydrogens (tertiary/aromatic N) is 5. The van der Waals surface area contributed by atoms with Gasteiger partial charge in [0.15, 0.2) is 23.6 Å². The van der Waals surface area contributed by atoms with Crippen molar-refractivity contribution in [3.8, 4) is 22.8 Å². The van der Waals surface area contributed by atoms with Crippen LogP contribution in [-0.2, 0) is 4.79 Å². The van der Waals surface area contributed by atoms with Crippen molar-refractivity contribution in [2.24, 2.45) is 11.5 Å². The summed E-state index contributed by atoms with van der Waals surface area (Å²) in [5.41, 5.74) is 18.5. The molecular formula is C33H38F3N9O2. The first-order valence-electron chi connectivity index (χ1n) is 15.4. The predicted octanol–water partition coefficient (Wildman–Crippen LogP) is 5.33. The molecule has 7 N–H and O–H groups in total. The Kier molecular flexibility index (Phi) is 9.97. The van der Waals surface area contributed by atoms with Crippen molar-refractivity contribution in [3.05, 3.63) is 71.8 Å². The Hall–Kier alpha value is -5.14. The summed E-state index contributed by atoms with van der Waals surface area (Å²) in [5.74, 6) is -0.634. The summed E-state index contributed by atoms with van der Waals surface area (Å²) in [6.07, 6.45) is 5.77. The summed E-state index contributed by atoms with van der Waals surface area (Å²) in [6, 6.07) is 17.8. The van der Waals surface area contributed by atoms with Crippen molar-refractivity contribution in [1.29, 1.82) is 10.8 Å². The highest BCUT2D eigenvalue weighted by atomic mass is 19.4. The van der Waals surface area contributed by atoms with Crippen LogP contribution in [0, 0.1) is 10.8 Å². The van der Waals surface area contributed by atoms with Gasteiger partial charge in [0.2, 0.25) is 0 Å². The Balaban J connectivity index is 0.000000559. The molecule has 11 nitrogen and oxygen atoms in total. The first-order valence-corrected chi connectivity index (χ1v) is 15.4. The number of alkyl halides is 3. The van der Waals surface area contributed by atoms with Crippen LogP contribution in [0.2, 0.25) is 0 Å². The number of nitrogens with two attached hydrogens (primary N) is 2. The van der Waals surface area contributed by atoms with Crippen LogP contribution >= 0.6 is 0 Å². The molecule has 0 amide bonds. The largest absolute Gasteiger partial charge is 0.490 e. The van der Waals surface area contributed by atoms with E-state index < -0.39 is 12.1 Å². The smallest absolute Gasteiger partial charge is 0.475 e. The number of rotatable bonds is 5. The number of hydrogen-bond donors (Lipinski definition) is 5. The summed E-state index contributed by atoms with van der Waals surface area (Å²) in [5, 5.41) is 31.9. The summed E-state index contributed by atoms with van der Waals surface area (Å²) in [4.78, 5) is 12.7. The maximum atomic E-state index is 10.6. The highest BCUT2D eigenvalue weighted by molar-refractivity contribution is 5.78.